The molecule has 0 radical (unpaired) electrons. The Bertz CT molecular complexity index is 728. The summed E-state index contributed by atoms with van der Waals surface area (Å²) in [6, 6.07) is 8.97. The van der Waals surface area contributed by atoms with Gasteiger partial charge >= 0.3 is 0 Å². The topological polar surface area (TPSA) is 72.4 Å². The summed E-state index contributed by atoms with van der Waals surface area (Å²) < 4.78 is 31.7. The zero-order chi connectivity index (χ0) is 15.6. The maximum absolute atomic E-state index is 12.6. The molecule has 116 valence electrons. The summed E-state index contributed by atoms with van der Waals surface area (Å²) in [7, 11) is -1.82. The van der Waals surface area contributed by atoms with Crippen molar-refractivity contribution < 1.29 is 13.2 Å². The SMILES string of the molecule is COc1ccc(CN(c2ncccn2)S(=O)(=O)C2CC2)cc1. The van der Waals surface area contributed by atoms with Crippen LogP contribution in [-0.2, 0) is 16.6 Å². The Morgan fingerprint density at radius 2 is 1.82 bits per heavy atom. The van der Waals surface area contributed by atoms with Crippen molar-refractivity contribution in [1.82, 2.24) is 9.97 Å². The zero-order valence-electron chi connectivity index (χ0n) is 12.2. The Morgan fingerprint density at radius 1 is 1.18 bits per heavy atom. The van der Waals surface area contributed by atoms with E-state index in [-0.39, 0.29) is 17.7 Å². The Kier molecular flexibility index (Phi) is 3.98. The lowest BCUT2D eigenvalue weighted by Crippen LogP contribution is -2.34. The number of benzene rings is 1. The molecule has 1 aliphatic carbocycles. The Hall–Kier alpha value is -2.15. The minimum absolute atomic E-state index is 0.213. The molecular weight excluding hydrogens is 302 g/mol. The molecule has 1 saturated carbocycles. The predicted octanol–water partition coefficient (Wildman–Crippen LogP) is 1.98. The van der Waals surface area contributed by atoms with Crippen LogP contribution in [0.4, 0.5) is 5.95 Å². The molecule has 1 aliphatic rings. The maximum Gasteiger partial charge on any atom is 0.240 e. The number of rotatable bonds is 6. The van der Waals surface area contributed by atoms with Crippen molar-refractivity contribution in [2.45, 2.75) is 24.6 Å². The van der Waals surface area contributed by atoms with Gasteiger partial charge in [-0.2, -0.15) is 0 Å². The van der Waals surface area contributed by atoms with E-state index in [0.29, 0.717) is 12.8 Å². The lowest BCUT2D eigenvalue weighted by atomic mass is 10.2. The molecule has 22 heavy (non-hydrogen) atoms. The van der Waals surface area contributed by atoms with Crippen LogP contribution in [0.15, 0.2) is 42.7 Å². The van der Waals surface area contributed by atoms with E-state index in [1.807, 2.05) is 24.3 Å². The first-order valence-corrected chi connectivity index (χ1v) is 8.53. The quantitative estimate of drug-likeness (QED) is 0.814. The Labute approximate surface area is 129 Å². The summed E-state index contributed by atoms with van der Waals surface area (Å²) in [5, 5.41) is -0.311. The van der Waals surface area contributed by atoms with E-state index >= 15 is 0 Å². The molecule has 2 aromatic rings. The summed E-state index contributed by atoms with van der Waals surface area (Å²) in [5.74, 6) is 0.946. The number of ether oxygens (including phenoxy) is 1. The van der Waals surface area contributed by atoms with Gasteiger partial charge in [0.1, 0.15) is 5.75 Å². The molecule has 0 bridgehead atoms. The van der Waals surface area contributed by atoms with Gasteiger partial charge in [-0.15, -0.1) is 0 Å². The smallest absolute Gasteiger partial charge is 0.240 e. The van der Waals surface area contributed by atoms with Gasteiger partial charge < -0.3 is 4.74 Å². The molecule has 6 nitrogen and oxygen atoms in total. The molecule has 0 spiro atoms. The summed E-state index contributed by atoms with van der Waals surface area (Å²) in [6.45, 7) is 0.215. The van der Waals surface area contributed by atoms with Gasteiger partial charge in [0.15, 0.2) is 0 Å². The molecule has 1 aromatic heterocycles. The highest BCUT2D eigenvalue weighted by atomic mass is 32.2. The van der Waals surface area contributed by atoms with Gasteiger partial charge in [0.05, 0.1) is 18.9 Å². The van der Waals surface area contributed by atoms with Crippen molar-refractivity contribution in [3.8, 4) is 5.75 Å². The molecule has 0 unspecified atom stereocenters. The fourth-order valence-electron chi connectivity index (χ4n) is 2.14. The van der Waals surface area contributed by atoms with Crippen molar-refractivity contribution in [3.63, 3.8) is 0 Å². The fraction of sp³-hybridized carbons (Fsp3) is 0.333. The van der Waals surface area contributed by atoms with E-state index in [9.17, 15) is 8.42 Å². The van der Waals surface area contributed by atoms with E-state index in [0.717, 1.165) is 11.3 Å². The first kappa shape index (κ1) is 14.8. The van der Waals surface area contributed by atoms with Crippen molar-refractivity contribution in [2.24, 2.45) is 0 Å². The monoisotopic (exact) mass is 319 g/mol. The van der Waals surface area contributed by atoms with Gasteiger partial charge in [0.2, 0.25) is 16.0 Å². The van der Waals surface area contributed by atoms with Crippen LogP contribution in [0.3, 0.4) is 0 Å². The van der Waals surface area contributed by atoms with Gasteiger partial charge in [-0.3, -0.25) is 0 Å². The predicted molar refractivity (Wildman–Crippen MR) is 83.2 cm³/mol. The largest absolute Gasteiger partial charge is 0.497 e. The third kappa shape index (κ3) is 3.04. The molecule has 0 aliphatic heterocycles. The summed E-state index contributed by atoms with van der Waals surface area (Å²) in [4.78, 5) is 8.19. The normalized spacial score (nSPS) is 14.6. The van der Waals surface area contributed by atoms with E-state index in [2.05, 4.69) is 9.97 Å². The summed E-state index contributed by atoms with van der Waals surface area (Å²) >= 11 is 0. The van der Waals surface area contributed by atoms with Crippen LogP contribution in [0.1, 0.15) is 18.4 Å². The number of methoxy groups -OCH3 is 1. The molecule has 1 heterocycles. The molecule has 1 fully saturated rings. The molecule has 3 rings (SSSR count). The highest BCUT2D eigenvalue weighted by Crippen LogP contribution is 2.33. The summed E-state index contributed by atoms with van der Waals surface area (Å²) in [5.41, 5.74) is 0.859. The van der Waals surface area contributed by atoms with Crippen LogP contribution < -0.4 is 9.04 Å². The second-order valence-electron chi connectivity index (χ2n) is 5.15. The average molecular weight is 319 g/mol. The van der Waals surface area contributed by atoms with Crippen LogP contribution in [0.5, 0.6) is 5.75 Å². The van der Waals surface area contributed by atoms with Crippen molar-refractivity contribution >= 4 is 16.0 Å². The van der Waals surface area contributed by atoms with Crippen LogP contribution in [-0.4, -0.2) is 30.7 Å². The maximum atomic E-state index is 12.6. The summed E-state index contributed by atoms with van der Waals surface area (Å²) in [6.07, 6.45) is 4.50. The first-order valence-electron chi connectivity index (χ1n) is 7.03. The number of anilines is 1. The first-order chi connectivity index (χ1) is 10.6. The molecule has 0 amide bonds. The number of aromatic nitrogens is 2. The number of hydrogen-bond donors (Lipinski definition) is 0. The highest BCUT2D eigenvalue weighted by Gasteiger charge is 2.41. The average Bonchev–Trinajstić information content (AvgIpc) is 3.39. The Balaban J connectivity index is 1.91. The minimum Gasteiger partial charge on any atom is -0.497 e. The third-order valence-electron chi connectivity index (χ3n) is 3.51. The van der Waals surface area contributed by atoms with E-state index in [1.54, 1.807) is 25.6 Å². The number of hydrogen-bond acceptors (Lipinski definition) is 5. The Morgan fingerprint density at radius 3 is 2.36 bits per heavy atom. The fourth-order valence-corrected chi connectivity index (χ4v) is 3.88. The van der Waals surface area contributed by atoms with Gasteiger partial charge in [-0.1, -0.05) is 12.1 Å². The number of nitrogens with zero attached hydrogens (tertiary/aromatic N) is 3. The van der Waals surface area contributed by atoms with Crippen LogP contribution in [0.2, 0.25) is 0 Å². The van der Waals surface area contributed by atoms with Crippen LogP contribution in [0.25, 0.3) is 0 Å². The van der Waals surface area contributed by atoms with Gasteiger partial charge in [0, 0.05) is 12.4 Å². The van der Waals surface area contributed by atoms with E-state index < -0.39 is 10.0 Å². The van der Waals surface area contributed by atoms with Gasteiger partial charge in [-0.05, 0) is 36.6 Å². The van der Waals surface area contributed by atoms with E-state index in [1.165, 1.54) is 4.31 Å². The number of sulfonamides is 1. The molecule has 7 heteroatoms. The lowest BCUT2D eigenvalue weighted by Gasteiger charge is -2.22. The highest BCUT2D eigenvalue weighted by molar-refractivity contribution is 7.93. The molecule has 0 atom stereocenters. The molecule has 1 aromatic carbocycles. The van der Waals surface area contributed by atoms with E-state index in [4.69, 9.17) is 4.74 Å². The lowest BCUT2D eigenvalue weighted by molar-refractivity contribution is 0.414. The van der Waals surface area contributed by atoms with Crippen LogP contribution >= 0.6 is 0 Å². The van der Waals surface area contributed by atoms with Gasteiger partial charge in [0.25, 0.3) is 0 Å². The second-order valence-corrected chi connectivity index (χ2v) is 7.29. The van der Waals surface area contributed by atoms with Crippen LogP contribution in [0, 0.1) is 0 Å². The van der Waals surface area contributed by atoms with Gasteiger partial charge in [-0.25, -0.2) is 22.7 Å². The third-order valence-corrected chi connectivity index (χ3v) is 5.73. The standard InChI is InChI=1S/C15H17N3O3S/c1-21-13-5-3-12(4-6-13)11-18(15-16-9-2-10-17-15)22(19,20)14-7-8-14/h2-6,9-10,14H,7-8,11H2,1H3. The molecule has 0 saturated heterocycles. The zero-order valence-corrected chi connectivity index (χ0v) is 13.0. The molecular formula is C15H17N3O3S. The molecule has 0 N–H and O–H groups in total. The minimum atomic E-state index is -3.42. The van der Waals surface area contributed by atoms with Crippen molar-refractivity contribution in [3.05, 3.63) is 48.3 Å². The second kappa shape index (κ2) is 5.92. The van der Waals surface area contributed by atoms with Crippen molar-refractivity contribution in [1.29, 1.82) is 0 Å². The van der Waals surface area contributed by atoms with Crippen molar-refractivity contribution in [2.75, 3.05) is 11.4 Å².